The Balaban J connectivity index is 1.93. The third kappa shape index (κ3) is 2.79. The van der Waals surface area contributed by atoms with Crippen molar-refractivity contribution in [2.24, 2.45) is 5.92 Å². The minimum absolute atomic E-state index is 0.0126. The summed E-state index contributed by atoms with van der Waals surface area (Å²) in [6.07, 6.45) is 2.25. The second kappa shape index (κ2) is 5.40. The van der Waals surface area contributed by atoms with Gasteiger partial charge in [0.1, 0.15) is 0 Å². The van der Waals surface area contributed by atoms with Crippen molar-refractivity contribution in [1.82, 2.24) is 19.9 Å². The minimum Gasteiger partial charge on any atom is -0.504 e. The molecule has 0 radical (unpaired) electrons. The van der Waals surface area contributed by atoms with Gasteiger partial charge < -0.3 is 9.63 Å². The first-order chi connectivity index (χ1) is 10.1. The lowest BCUT2D eigenvalue weighted by Crippen LogP contribution is -1.96. The highest BCUT2D eigenvalue weighted by Gasteiger charge is 2.18. The van der Waals surface area contributed by atoms with E-state index in [9.17, 15) is 5.11 Å². The highest BCUT2D eigenvalue weighted by molar-refractivity contribution is 5.56. The highest BCUT2D eigenvalue weighted by Crippen LogP contribution is 2.27. The average Bonchev–Trinajstić information content (AvgIpc) is 3.06. The Labute approximate surface area is 122 Å². The Morgan fingerprint density at radius 3 is 2.71 bits per heavy atom. The molecule has 0 amide bonds. The van der Waals surface area contributed by atoms with Crippen LogP contribution in [0.25, 0.3) is 17.3 Å². The van der Waals surface area contributed by atoms with Crippen LogP contribution >= 0.6 is 0 Å². The summed E-state index contributed by atoms with van der Waals surface area (Å²) in [7, 11) is 0. The molecule has 108 valence electrons. The predicted octanol–water partition coefficient (Wildman–Crippen LogP) is 2.83. The van der Waals surface area contributed by atoms with Crippen LogP contribution in [0.15, 0.2) is 41.1 Å². The zero-order valence-corrected chi connectivity index (χ0v) is 11.9. The molecule has 0 fully saturated rings. The number of hydrogen-bond donors (Lipinski definition) is 1. The molecule has 21 heavy (non-hydrogen) atoms. The van der Waals surface area contributed by atoms with Crippen LogP contribution in [0.2, 0.25) is 0 Å². The Kier molecular flexibility index (Phi) is 3.43. The Morgan fingerprint density at radius 1 is 1.24 bits per heavy atom. The van der Waals surface area contributed by atoms with Crippen LogP contribution in [0.3, 0.4) is 0 Å². The monoisotopic (exact) mass is 284 g/mol. The van der Waals surface area contributed by atoms with E-state index in [0.717, 1.165) is 12.1 Å². The SMILES string of the molecule is CC(C)Cc1noc(-c2nn(-c3ccccc3)cc2O)n1. The van der Waals surface area contributed by atoms with Gasteiger partial charge in [0.25, 0.3) is 5.89 Å². The van der Waals surface area contributed by atoms with E-state index in [1.807, 2.05) is 30.3 Å². The Hall–Kier alpha value is -2.63. The van der Waals surface area contributed by atoms with Gasteiger partial charge in [-0.2, -0.15) is 10.1 Å². The second-order valence-corrected chi connectivity index (χ2v) is 5.26. The zero-order chi connectivity index (χ0) is 14.8. The van der Waals surface area contributed by atoms with Crippen LogP contribution in [-0.4, -0.2) is 25.0 Å². The fourth-order valence-corrected chi connectivity index (χ4v) is 2.03. The number of rotatable bonds is 4. The molecule has 0 spiro atoms. The lowest BCUT2D eigenvalue weighted by molar-refractivity contribution is 0.412. The summed E-state index contributed by atoms with van der Waals surface area (Å²) in [6.45, 7) is 4.16. The van der Waals surface area contributed by atoms with Crippen molar-refractivity contribution in [3.8, 4) is 23.0 Å². The van der Waals surface area contributed by atoms with Crippen LogP contribution in [0.4, 0.5) is 0 Å². The summed E-state index contributed by atoms with van der Waals surface area (Å²) in [5, 5.41) is 18.2. The van der Waals surface area contributed by atoms with Crippen molar-refractivity contribution in [3.05, 3.63) is 42.4 Å². The number of benzene rings is 1. The van der Waals surface area contributed by atoms with Gasteiger partial charge in [0.15, 0.2) is 17.3 Å². The van der Waals surface area contributed by atoms with E-state index in [-0.39, 0.29) is 11.6 Å². The molecular weight excluding hydrogens is 268 g/mol. The summed E-state index contributed by atoms with van der Waals surface area (Å²) in [5.74, 6) is 1.30. The molecule has 0 aliphatic carbocycles. The second-order valence-electron chi connectivity index (χ2n) is 5.26. The lowest BCUT2D eigenvalue weighted by atomic mass is 10.1. The maximum atomic E-state index is 10.0. The van der Waals surface area contributed by atoms with Gasteiger partial charge in [0.05, 0.1) is 11.9 Å². The molecule has 0 aliphatic rings. The summed E-state index contributed by atoms with van der Waals surface area (Å²) in [5.41, 5.74) is 1.14. The topological polar surface area (TPSA) is 77.0 Å². The molecule has 6 heteroatoms. The van der Waals surface area contributed by atoms with E-state index in [1.54, 1.807) is 4.68 Å². The van der Waals surface area contributed by atoms with E-state index in [2.05, 4.69) is 29.1 Å². The largest absolute Gasteiger partial charge is 0.504 e. The molecule has 0 atom stereocenters. The molecule has 0 bridgehead atoms. The summed E-state index contributed by atoms with van der Waals surface area (Å²) in [6, 6.07) is 9.52. The molecule has 6 nitrogen and oxygen atoms in total. The fraction of sp³-hybridized carbons (Fsp3) is 0.267. The van der Waals surface area contributed by atoms with Gasteiger partial charge in [-0.15, -0.1) is 0 Å². The molecule has 0 saturated heterocycles. The van der Waals surface area contributed by atoms with E-state index >= 15 is 0 Å². The number of para-hydroxylation sites is 1. The summed E-state index contributed by atoms with van der Waals surface area (Å²) >= 11 is 0. The normalized spacial score (nSPS) is 11.2. The minimum atomic E-state index is 0.0126. The van der Waals surface area contributed by atoms with Crippen LogP contribution in [0, 0.1) is 5.92 Å². The van der Waals surface area contributed by atoms with E-state index in [4.69, 9.17) is 4.52 Å². The summed E-state index contributed by atoms with van der Waals surface area (Å²) in [4.78, 5) is 4.27. The number of aromatic nitrogens is 4. The number of nitrogens with zero attached hydrogens (tertiary/aromatic N) is 4. The smallest absolute Gasteiger partial charge is 0.282 e. The molecule has 0 saturated carbocycles. The van der Waals surface area contributed by atoms with Crippen molar-refractivity contribution in [1.29, 1.82) is 0 Å². The van der Waals surface area contributed by atoms with Crippen molar-refractivity contribution in [3.63, 3.8) is 0 Å². The molecular formula is C15H16N4O2. The van der Waals surface area contributed by atoms with Gasteiger partial charge in [-0.1, -0.05) is 37.2 Å². The summed E-state index contributed by atoms with van der Waals surface area (Å²) < 4.78 is 6.77. The van der Waals surface area contributed by atoms with Gasteiger partial charge in [-0.05, 0) is 18.1 Å². The van der Waals surface area contributed by atoms with Crippen molar-refractivity contribution >= 4 is 0 Å². The molecule has 3 rings (SSSR count). The molecule has 2 aromatic heterocycles. The lowest BCUT2D eigenvalue weighted by Gasteiger charge is -1.98. The van der Waals surface area contributed by atoms with Gasteiger partial charge in [0.2, 0.25) is 0 Å². The molecule has 1 N–H and O–H groups in total. The van der Waals surface area contributed by atoms with E-state index in [1.165, 1.54) is 6.20 Å². The van der Waals surface area contributed by atoms with Gasteiger partial charge in [-0.25, -0.2) is 4.68 Å². The third-order valence-electron chi connectivity index (χ3n) is 2.98. The average molecular weight is 284 g/mol. The standard InChI is InChI=1S/C15H16N4O2/c1-10(2)8-13-16-15(21-18-13)14-12(20)9-19(17-14)11-6-4-3-5-7-11/h3-7,9-10,20H,8H2,1-2H3. The molecule has 1 aromatic carbocycles. The fourth-order valence-electron chi connectivity index (χ4n) is 2.03. The van der Waals surface area contributed by atoms with Crippen LogP contribution in [-0.2, 0) is 6.42 Å². The van der Waals surface area contributed by atoms with Gasteiger partial charge >= 0.3 is 0 Å². The molecule has 0 aliphatic heterocycles. The zero-order valence-electron chi connectivity index (χ0n) is 11.9. The molecule has 0 unspecified atom stereocenters. The third-order valence-corrected chi connectivity index (χ3v) is 2.98. The van der Waals surface area contributed by atoms with Crippen molar-refractivity contribution < 1.29 is 9.63 Å². The number of aromatic hydroxyl groups is 1. The predicted molar refractivity (Wildman–Crippen MR) is 77.1 cm³/mol. The van der Waals surface area contributed by atoms with Crippen LogP contribution in [0.5, 0.6) is 5.75 Å². The Bertz CT molecular complexity index is 731. The van der Waals surface area contributed by atoms with Gasteiger partial charge in [0, 0.05) is 6.42 Å². The van der Waals surface area contributed by atoms with Crippen LogP contribution < -0.4 is 0 Å². The first kappa shape index (κ1) is 13.4. The van der Waals surface area contributed by atoms with Crippen molar-refractivity contribution in [2.75, 3.05) is 0 Å². The number of hydrogen-bond acceptors (Lipinski definition) is 5. The maximum absolute atomic E-state index is 10.0. The van der Waals surface area contributed by atoms with Crippen LogP contribution in [0.1, 0.15) is 19.7 Å². The van der Waals surface area contributed by atoms with E-state index < -0.39 is 0 Å². The van der Waals surface area contributed by atoms with E-state index in [0.29, 0.717) is 17.4 Å². The first-order valence-electron chi connectivity index (χ1n) is 6.80. The quantitative estimate of drug-likeness (QED) is 0.797. The van der Waals surface area contributed by atoms with Crippen molar-refractivity contribution in [2.45, 2.75) is 20.3 Å². The molecule has 2 heterocycles. The van der Waals surface area contributed by atoms with Gasteiger partial charge in [-0.3, -0.25) is 0 Å². The molecule has 3 aromatic rings. The highest BCUT2D eigenvalue weighted by atomic mass is 16.5. The first-order valence-corrected chi connectivity index (χ1v) is 6.80. The maximum Gasteiger partial charge on any atom is 0.282 e. The Morgan fingerprint density at radius 2 is 2.00 bits per heavy atom.